The number of nitrogens with one attached hydrogen (secondary N) is 2. The van der Waals surface area contributed by atoms with Gasteiger partial charge < -0.3 is 39.1 Å². The quantitative estimate of drug-likeness (QED) is 0.205. The molecule has 16 heteroatoms. The van der Waals surface area contributed by atoms with E-state index in [1.165, 1.54) is 27.7 Å². The second-order valence-corrected chi connectivity index (χ2v) is 26.2. The van der Waals surface area contributed by atoms with Crippen molar-refractivity contribution < 1.29 is 66.8 Å². The molecule has 0 spiro atoms. The first-order valence-electron chi connectivity index (χ1n) is 28.5. The molecule has 8 heterocycles. The third-order valence-corrected chi connectivity index (χ3v) is 22.6. The van der Waals surface area contributed by atoms with Crippen molar-refractivity contribution in [2.75, 3.05) is 13.1 Å². The first kappa shape index (κ1) is 54.5. The number of ether oxygens (including phenoxy) is 6. The maximum Gasteiger partial charge on any atom is 0.325 e. The fraction of sp³-hybridized carbons (Fsp3) is 0.862. The lowest BCUT2D eigenvalue weighted by molar-refractivity contribution is -0.225. The lowest BCUT2D eigenvalue weighted by Crippen LogP contribution is -2.63. The monoisotopic (exact) mass is 1030 g/mol. The van der Waals surface area contributed by atoms with Gasteiger partial charge in [-0.3, -0.25) is 38.4 Å². The number of amides is 2. The van der Waals surface area contributed by atoms with E-state index in [1.54, 1.807) is 0 Å². The molecule has 8 saturated heterocycles. The molecule has 0 radical (unpaired) electrons. The second kappa shape index (κ2) is 20.6. The van der Waals surface area contributed by atoms with Crippen molar-refractivity contribution in [3.8, 4) is 0 Å². The van der Waals surface area contributed by atoms with E-state index in [2.05, 4.69) is 52.2 Å². The lowest BCUT2D eigenvalue weighted by atomic mass is 9.43. The highest BCUT2D eigenvalue weighted by atomic mass is 16.6. The van der Waals surface area contributed by atoms with Crippen molar-refractivity contribution in [1.29, 1.82) is 0 Å². The molecule has 0 aromatic rings. The van der Waals surface area contributed by atoms with Crippen LogP contribution in [0.15, 0.2) is 0 Å². The first-order chi connectivity index (χ1) is 34.9. The van der Waals surface area contributed by atoms with Gasteiger partial charge >= 0.3 is 35.8 Å². The van der Waals surface area contributed by atoms with Gasteiger partial charge in [0.15, 0.2) is 0 Å². The van der Waals surface area contributed by atoms with E-state index < -0.39 is 59.4 Å². The minimum absolute atomic E-state index is 0.00775. The summed E-state index contributed by atoms with van der Waals surface area (Å²) in [6.45, 7) is 18.4. The van der Waals surface area contributed by atoms with Gasteiger partial charge in [0.2, 0.25) is 11.8 Å². The maximum absolute atomic E-state index is 13.8. The van der Waals surface area contributed by atoms with Crippen molar-refractivity contribution in [2.45, 2.75) is 209 Å². The molecular weight excluding hydrogens is 949 g/mol. The molecule has 0 aromatic heterocycles. The number of hydrogen-bond acceptors (Lipinski definition) is 14. The molecule has 8 aliphatic carbocycles. The van der Waals surface area contributed by atoms with Crippen LogP contribution >= 0.6 is 0 Å². The number of esters is 6. The molecule has 74 heavy (non-hydrogen) atoms. The predicted octanol–water partition coefficient (Wildman–Crippen LogP) is 7.59. The van der Waals surface area contributed by atoms with Crippen LogP contribution in [0.3, 0.4) is 0 Å². The van der Waals surface area contributed by atoms with Gasteiger partial charge in [-0.05, 0) is 160 Å². The van der Waals surface area contributed by atoms with E-state index >= 15 is 0 Å². The molecule has 2 N–H and O–H groups in total. The third-order valence-electron chi connectivity index (χ3n) is 22.6. The third kappa shape index (κ3) is 9.78. The Labute approximate surface area is 438 Å². The van der Waals surface area contributed by atoms with Crippen LogP contribution in [0.1, 0.15) is 172 Å². The van der Waals surface area contributed by atoms with Crippen LogP contribution in [0.4, 0.5) is 0 Å². The number of carbonyl (C=O) groups excluding carboxylic acids is 8. The van der Waals surface area contributed by atoms with Gasteiger partial charge in [-0.2, -0.15) is 0 Å². The Kier molecular flexibility index (Phi) is 15.2. The zero-order valence-corrected chi connectivity index (χ0v) is 45.8. The van der Waals surface area contributed by atoms with Crippen LogP contribution in [0.2, 0.25) is 0 Å². The second-order valence-electron chi connectivity index (χ2n) is 26.2. The largest absolute Gasteiger partial charge is 0.462 e. The van der Waals surface area contributed by atoms with E-state index in [1.807, 2.05) is 0 Å². The Morgan fingerprint density at radius 2 is 0.824 bits per heavy atom. The maximum atomic E-state index is 13.8. The predicted molar refractivity (Wildman–Crippen MR) is 268 cm³/mol. The Bertz CT molecular complexity index is 2080. The van der Waals surface area contributed by atoms with Gasteiger partial charge in [0.25, 0.3) is 0 Å². The topological polar surface area (TPSA) is 216 Å². The molecule has 16 rings (SSSR count). The lowest BCUT2D eigenvalue weighted by Gasteiger charge is -2.64. The molecule has 16 aliphatic rings. The number of hydrogen-bond donors (Lipinski definition) is 2. The molecule has 22 atom stereocenters. The van der Waals surface area contributed by atoms with Gasteiger partial charge in [-0.25, -0.2) is 0 Å². The molecule has 2 amide bonds. The zero-order valence-electron chi connectivity index (χ0n) is 45.8. The Morgan fingerprint density at radius 3 is 1.18 bits per heavy atom. The van der Waals surface area contributed by atoms with Crippen LogP contribution in [-0.4, -0.2) is 97.3 Å². The van der Waals surface area contributed by atoms with Gasteiger partial charge in [0.1, 0.15) is 49.7 Å². The molecule has 412 valence electrons. The van der Waals surface area contributed by atoms with Crippen molar-refractivity contribution >= 4 is 47.6 Å². The van der Waals surface area contributed by atoms with E-state index in [9.17, 15) is 38.4 Å². The molecule has 16 fully saturated rings. The number of rotatable bonds is 4. The average Bonchev–Trinajstić information content (AvgIpc) is 3.86. The van der Waals surface area contributed by atoms with Gasteiger partial charge in [-0.15, -0.1) is 0 Å². The molecule has 0 unspecified atom stereocenters. The van der Waals surface area contributed by atoms with Crippen LogP contribution in [0, 0.1) is 92.7 Å². The van der Waals surface area contributed by atoms with Gasteiger partial charge in [0, 0.05) is 63.2 Å². The summed E-state index contributed by atoms with van der Waals surface area (Å²) in [7, 11) is 0. The molecule has 8 saturated carbocycles. The summed E-state index contributed by atoms with van der Waals surface area (Å²) < 4.78 is 37.6. The standard InChI is InChI=1S/C58H86N2O14/c1-29-19-49(65)59-27-51(67)73-37-16-18-56(8)36(22-37)24-46(70-32(4)62)54-42-14-12-40(58(42,10)48(26-44(54)56)72-34(6)64)30(2)20-50(66)60-28-52(68)74-38-15-17-55(7)35(21-38)23-45(69-31(3)61)53-41-13-11-39(29)57(41,9)47(25-43(53)55)71-33(5)63/h29-30,35-48,53-54H,11-28H2,1-10H3,(H,59,65)(H,60,66)/t29-,30-,35+,36+,37-,38-,39-,40-,41+,42+,43+,44+,45-,46-,47+,48+,53+,54+,55+,56+,57-,58-/m1/s1. The van der Waals surface area contributed by atoms with E-state index in [4.69, 9.17) is 28.4 Å². The van der Waals surface area contributed by atoms with Crippen molar-refractivity contribution in [1.82, 2.24) is 10.6 Å². The van der Waals surface area contributed by atoms with E-state index in [0.717, 1.165) is 38.5 Å². The normalized spacial score (nSPS) is 47.3. The SMILES string of the molecule is CC(=O)O[C@H]1C[C@H]2[C@H]3[C@H](OC(C)=O)C[C@@H]4C[C@@H](CC[C@@]42C)OC(=O)CNC(=O)C[C@@H](C)[C@H]2CC[C@H]4[C@@H]5[C@H](OC(C)=O)C[C@@H]6C[C@@H](CC[C@]6(C)[C@H]5C[C@H](OC(C)=O)[C@]24C)OC(=O)CNC(=O)C[C@@H](C)[C@H]2CC[C@@H]3[C@]12C. The summed E-state index contributed by atoms with van der Waals surface area (Å²) in [6, 6.07) is 0. The summed E-state index contributed by atoms with van der Waals surface area (Å²) in [5.41, 5.74) is -1.51. The summed E-state index contributed by atoms with van der Waals surface area (Å²) in [5.74, 6) is -3.03. The minimum atomic E-state index is -0.526. The fourth-order valence-corrected chi connectivity index (χ4v) is 19.6. The van der Waals surface area contributed by atoms with E-state index in [-0.39, 0.29) is 143 Å². The van der Waals surface area contributed by atoms with Crippen LogP contribution in [0.5, 0.6) is 0 Å². The Balaban J connectivity index is 1.00. The average molecular weight is 1040 g/mol. The summed E-state index contributed by atoms with van der Waals surface area (Å²) in [6.07, 6.45) is 7.37. The highest BCUT2D eigenvalue weighted by Gasteiger charge is 2.70. The molecular formula is C58H86N2O14. The molecule has 16 bridgehead atoms. The Hall–Kier alpha value is -4.24. The minimum Gasteiger partial charge on any atom is -0.462 e. The smallest absolute Gasteiger partial charge is 0.325 e. The van der Waals surface area contributed by atoms with Gasteiger partial charge in [-0.1, -0.05) is 41.5 Å². The van der Waals surface area contributed by atoms with Crippen LogP contribution in [0.25, 0.3) is 0 Å². The zero-order chi connectivity index (χ0) is 53.4. The van der Waals surface area contributed by atoms with Crippen LogP contribution < -0.4 is 10.6 Å². The molecule has 16 nitrogen and oxygen atoms in total. The summed E-state index contributed by atoms with van der Waals surface area (Å²) >= 11 is 0. The Morgan fingerprint density at radius 1 is 0.473 bits per heavy atom. The van der Waals surface area contributed by atoms with Crippen LogP contribution in [-0.2, 0) is 66.8 Å². The van der Waals surface area contributed by atoms with Crippen molar-refractivity contribution in [2.24, 2.45) is 92.7 Å². The van der Waals surface area contributed by atoms with Gasteiger partial charge in [0.05, 0.1) is 0 Å². The summed E-state index contributed by atoms with van der Waals surface area (Å²) in [5, 5.41) is 5.74. The van der Waals surface area contributed by atoms with Crippen molar-refractivity contribution in [3.05, 3.63) is 0 Å². The molecule has 0 aromatic carbocycles. The first-order valence-corrected chi connectivity index (χ1v) is 28.5. The fourth-order valence-electron chi connectivity index (χ4n) is 19.6. The molecule has 8 aliphatic heterocycles. The highest BCUT2D eigenvalue weighted by molar-refractivity contribution is 5.83. The summed E-state index contributed by atoms with van der Waals surface area (Å²) in [4.78, 5) is 107. The highest BCUT2D eigenvalue weighted by Crippen LogP contribution is 2.71. The van der Waals surface area contributed by atoms with Crippen molar-refractivity contribution in [3.63, 3.8) is 0 Å². The number of carbonyl (C=O) groups is 8. The van der Waals surface area contributed by atoms with E-state index in [0.29, 0.717) is 51.4 Å².